The number of fused-ring (bicyclic) bond motifs is 2. The van der Waals surface area contributed by atoms with Gasteiger partial charge in [0.25, 0.3) is 11.4 Å². The molecule has 5 heterocycles. The van der Waals surface area contributed by atoms with Crippen LogP contribution in [0.5, 0.6) is 11.8 Å². The Morgan fingerprint density at radius 2 is 0.752 bits per heavy atom. The van der Waals surface area contributed by atoms with Crippen molar-refractivity contribution in [1.29, 1.82) is 0 Å². The van der Waals surface area contributed by atoms with Crippen LogP contribution >= 0.6 is 0 Å². The van der Waals surface area contributed by atoms with Gasteiger partial charge in [0.2, 0.25) is 11.8 Å². The van der Waals surface area contributed by atoms with E-state index in [-0.39, 0.29) is 155 Å². The Morgan fingerprint density at radius 1 is 0.472 bits per heavy atom. The standard InChI is InChI=1S/2C41H57N5O8.C6H12O.C5H10N2O.2CH4/c2*1-14-51-29(47)22-45(23-30(48)52-15-2)38(50)54-36-32(42-13)31(35-43-34(44-46(35)36)25-16-18-26(19-17-25)39(4,5)6)37(49)53-33-27(40(7,8)9)20-24(3)21-28(33)41(10,11)12;7-6-4-2-1-3-5-6;1-6-3-4-7(2)5(6)8;;/h2*16-19,24,27-28,33H,14-15,20-23H2,1-12H3,(H,43,44);6-7H,1-5H2;3-4H2,1-2H3;2*1H4. The number of urea groups is 1. The van der Waals surface area contributed by atoms with E-state index in [2.05, 4.69) is 158 Å². The Hall–Kier alpha value is -10.5. The highest BCUT2D eigenvalue weighted by molar-refractivity contribution is 6.06. The van der Waals surface area contributed by atoms with Crippen LogP contribution in [0, 0.1) is 70.3 Å². The van der Waals surface area contributed by atoms with E-state index in [9.17, 15) is 43.2 Å². The summed E-state index contributed by atoms with van der Waals surface area (Å²) >= 11 is 0. The van der Waals surface area contributed by atoms with Crippen molar-refractivity contribution in [2.75, 3.05) is 79.8 Å². The van der Waals surface area contributed by atoms with Crippen LogP contribution in [0.2, 0.25) is 0 Å². The molecule has 30 nitrogen and oxygen atoms in total. The second kappa shape index (κ2) is 44.1. The van der Waals surface area contributed by atoms with E-state index >= 15 is 0 Å². The van der Waals surface area contributed by atoms with Crippen molar-refractivity contribution in [3.05, 3.63) is 93.6 Å². The van der Waals surface area contributed by atoms with Gasteiger partial charge >= 0.3 is 54.0 Å². The van der Waals surface area contributed by atoms with Gasteiger partial charge in [0.15, 0.2) is 22.9 Å². The number of hydrogen-bond donors (Lipinski definition) is 3. The average Bonchev–Trinajstić information content (AvgIpc) is 1.58. The van der Waals surface area contributed by atoms with Crippen molar-refractivity contribution in [1.82, 2.24) is 48.8 Å². The van der Waals surface area contributed by atoms with Crippen molar-refractivity contribution < 1.29 is 86.2 Å². The Morgan fingerprint density at radius 3 is 0.968 bits per heavy atom. The number of hydrogen-bond acceptors (Lipinski definition) is 20. The molecule has 4 aliphatic rings. The highest BCUT2D eigenvalue weighted by Gasteiger charge is 2.51. The predicted octanol–water partition coefficient (Wildman–Crippen LogP) is 19.3. The maximum Gasteiger partial charge on any atom is 0.416 e. The van der Waals surface area contributed by atoms with E-state index in [0.29, 0.717) is 34.6 Å². The predicted molar refractivity (Wildman–Crippen MR) is 482 cm³/mol. The van der Waals surface area contributed by atoms with Crippen molar-refractivity contribution in [2.45, 2.75) is 268 Å². The number of likely N-dealkylation sites (N-methyl/N-ethyl adjacent to an activating group) is 2. The number of aromatic amines is 2. The molecule has 1 aliphatic heterocycles. The van der Waals surface area contributed by atoms with Gasteiger partial charge in [-0.15, -0.1) is 0 Å². The van der Waals surface area contributed by atoms with E-state index < -0.39 is 86.4 Å². The van der Waals surface area contributed by atoms with E-state index in [1.54, 1.807) is 37.5 Å². The SMILES string of the molecule is C.C.CN1CCN(C)C1=O.OC1CCCCC1.[C-]#[N+]c1c(C(=O)OC2C(C(C)(C)C)CC(C)CC2C(C)(C)C)c2nc(-c3ccc(C(C)(C)C)cc3)[nH]n2c1OC(=O)N(CC(=O)OCC)CC(=O)OCC.[C-]#[N+]c1c(C(=O)OC2C(C(C)(C)C)CC(C)CC2C(C)(C)C)c2nc(-c3ccc(C(C)(C)C)cc3)[nH]n2c1OC(=O)N(CC(=O)OCC)CC(=O)OCC. The molecule has 4 unspecified atom stereocenters. The number of aliphatic hydroxyl groups excluding tert-OH is 1. The third-order valence-electron chi connectivity index (χ3n) is 23.2. The molecule has 0 radical (unpaired) electrons. The van der Waals surface area contributed by atoms with Crippen molar-refractivity contribution >= 4 is 76.7 Å². The van der Waals surface area contributed by atoms with Gasteiger partial charge in [0.1, 0.15) is 49.5 Å². The fraction of sp³-hybridized carbons (Fsp3) is 0.653. The van der Waals surface area contributed by atoms with Gasteiger partial charge in [-0.3, -0.25) is 39.2 Å². The molecule has 0 spiro atoms. The average molecular weight is 1740 g/mol. The summed E-state index contributed by atoms with van der Waals surface area (Å²) in [4.78, 5) is 139. The van der Waals surface area contributed by atoms with Crippen LogP contribution in [0.25, 0.3) is 43.8 Å². The summed E-state index contributed by atoms with van der Waals surface area (Å²) in [5.41, 5.74) is 1.71. The number of aromatic nitrogens is 6. The second-order valence-electron chi connectivity index (χ2n) is 39.3. The van der Waals surface area contributed by atoms with Gasteiger partial charge in [-0.1, -0.05) is 221 Å². The van der Waals surface area contributed by atoms with Crippen molar-refractivity contribution in [2.24, 2.45) is 57.2 Å². The van der Waals surface area contributed by atoms with Crippen LogP contribution in [-0.2, 0) is 58.4 Å². The molecule has 1 saturated heterocycles. The molecular weight excluding hydrogens is 1600 g/mol. The summed E-state index contributed by atoms with van der Waals surface area (Å²) in [5, 5.41) is 15.1. The van der Waals surface area contributed by atoms with E-state index in [1.165, 1.54) is 28.3 Å². The summed E-state index contributed by atoms with van der Waals surface area (Å²) in [6.45, 7) is 65.2. The van der Waals surface area contributed by atoms with Gasteiger partial charge in [-0.05, 0) is 122 Å². The number of nitrogens with zero attached hydrogens (tertiary/aromatic N) is 10. The van der Waals surface area contributed by atoms with Gasteiger partial charge in [0.05, 0.1) is 45.7 Å². The molecule has 4 fully saturated rings. The molecule has 3 N–H and O–H groups in total. The topological polar surface area (TPSA) is 336 Å². The number of nitrogens with one attached hydrogen (secondary N) is 2. The zero-order valence-corrected chi connectivity index (χ0v) is 77.6. The van der Waals surface area contributed by atoms with Crippen molar-refractivity contribution in [3.8, 4) is 34.5 Å². The molecule has 125 heavy (non-hydrogen) atoms. The van der Waals surface area contributed by atoms with Crippen LogP contribution < -0.4 is 9.47 Å². The molecule has 4 atom stereocenters. The van der Waals surface area contributed by atoms with Crippen LogP contribution in [-0.4, -0.2) is 206 Å². The highest BCUT2D eigenvalue weighted by atomic mass is 16.6. The molecule has 4 amide bonds. The van der Waals surface area contributed by atoms with E-state index in [4.69, 9.17) is 66.1 Å². The molecular formula is C95H144N12O18. The number of carbonyl (C=O) groups is 9. The molecule has 10 rings (SSSR count). The lowest BCUT2D eigenvalue weighted by molar-refractivity contribution is -0.149. The third-order valence-corrected chi connectivity index (χ3v) is 23.2. The fourth-order valence-electron chi connectivity index (χ4n) is 16.3. The molecule has 3 aliphatic carbocycles. The van der Waals surface area contributed by atoms with Crippen LogP contribution in [0.4, 0.5) is 25.8 Å². The van der Waals surface area contributed by atoms with Gasteiger partial charge < -0.3 is 52.8 Å². The molecule has 692 valence electrons. The minimum absolute atomic E-state index is 0. The second-order valence-corrected chi connectivity index (χ2v) is 39.3. The molecule has 3 saturated carbocycles. The van der Waals surface area contributed by atoms with Crippen molar-refractivity contribution in [3.63, 3.8) is 0 Å². The minimum Gasteiger partial charge on any atom is -0.465 e. The number of rotatable bonds is 20. The molecule has 4 aromatic heterocycles. The zero-order valence-electron chi connectivity index (χ0n) is 77.6. The Bertz CT molecular complexity index is 4370. The lowest BCUT2D eigenvalue weighted by Crippen LogP contribution is -2.49. The third kappa shape index (κ3) is 27.5. The zero-order chi connectivity index (χ0) is 91.9. The smallest absolute Gasteiger partial charge is 0.416 e. The quantitative estimate of drug-likeness (QED) is 0.0363. The first-order valence-electron chi connectivity index (χ1n) is 43.2. The van der Waals surface area contributed by atoms with Crippen LogP contribution in [0.15, 0.2) is 48.5 Å². The number of amides is 4. The normalized spacial score (nSPS) is 19.3. The number of ether oxygens (including phenoxy) is 8. The Labute approximate surface area is 741 Å². The van der Waals surface area contributed by atoms with Gasteiger partial charge in [-0.2, -0.15) is 0 Å². The minimum atomic E-state index is -1.15. The first-order chi connectivity index (χ1) is 57.3. The van der Waals surface area contributed by atoms with E-state index in [0.717, 1.165) is 72.5 Å². The lowest BCUT2D eigenvalue weighted by atomic mass is 9.59. The summed E-state index contributed by atoms with van der Waals surface area (Å²) in [5.74, 6) is -3.71. The maximum absolute atomic E-state index is 14.6. The molecule has 2 aromatic carbocycles. The number of benzene rings is 2. The largest absolute Gasteiger partial charge is 0.465 e. The Balaban J connectivity index is 0.000000373. The molecule has 30 heteroatoms. The first kappa shape index (κ1) is 105. The summed E-state index contributed by atoms with van der Waals surface area (Å²) in [6.07, 6.45) is 6.16. The number of esters is 6. The molecule has 6 aromatic rings. The maximum atomic E-state index is 14.6. The number of carbonyl (C=O) groups excluding carboxylic acids is 9. The summed E-state index contributed by atoms with van der Waals surface area (Å²) < 4.78 is 47.3. The fourth-order valence-corrected chi connectivity index (χ4v) is 16.3. The summed E-state index contributed by atoms with van der Waals surface area (Å²) in [6, 6.07) is 15.6. The number of H-pyrrole nitrogens is 2. The Kier molecular flexibility index (Phi) is 37.1. The van der Waals surface area contributed by atoms with E-state index in [1.807, 2.05) is 62.6 Å². The molecule has 0 bridgehead atoms. The first-order valence-corrected chi connectivity index (χ1v) is 43.2. The number of aliphatic hydroxyl groups is 1. The highest BCUT2D eigenvalue weighted by Crippen LogP contribution is 2.53. The van der Waals surface area contributed by atoms with Gasteiger partial charge in [0, 0.05) is 62.0 Å². The van der Waals surface area contributed by atoms with Crippen LogP contribution in [0.3, 0.4) is 0 Å². The summed E-state index contributed by atoms with van der Waals surface area (Å²) in [7, 11) is 3.62. The monoisotopic (exact) mass is 1740 g/mol. The van der Waals surface area contributed by atoms with Gasteiger partial charge in [-0.25, -0.2) is 52.7 Å². The lowest BCUT2D eigenvalue weighted by Gasteiger charge is -2.50. The van der Waals surface area contributed by atoms with Crippen LogP contribution in [0.1, 0.15) is 271 Å².